The third-order valence-electron chi connectivity index (χ3n) is 6.51. The summed E-state index contributed by atoms with van der Waals surface area (Å²) >= 11 is 0. The molecule has 1 atom stereocenters. The number of amidine groups is 1. The summed E-state index contributed by atoms with van der Waals surface area (Å²) in [5.41, 5.74) is -0.451. The zero-order chi connectivity index (χ0) is 25.6. The molecule has 1 fully saturated rings. The Bertz CT molecular complexity index is 1300. The van der Waals surface area contributed by atoms with E-state index in [-0.39, 0.29) is 28.5 Å². The number of pyridine rings is 1. The van der Waals surface area contributed by atoms with Gasteiger partial charge in [-0.1, -0.05) is 0 Å². The van der Waals surface area contributed by atoms with E-state index in [4.69, 9.17) is 5.26 Å². The number of carbonyl (C=O) groups excluding carboxylic acids is 1. The van der Waals surface area contributed by atoms with Gasteiger partial charge >= 0.3 is 6.09 Å². The Morgan fingerprint density at radius 3 is 2.51 bits per heavy atom. The molecule has 5 N–H and O–H groups in total. The van der Waals surface area contributed by atoms with Crippen molar-refractivity contribution < 1.29 is 28.2 Å². The number of rotatable bonds is 3. The Kier molecular flexibility index (Phi) is 6.04. The topological polar surface area (TPSA) is 168 Å². The van der Waals surface area contributed by atoms with Crippen molar-refractivity contribution >= 4 is 34.1 Å². The Hall–Kier alpha value is -3.53. The van der Waals surface area contributed by atoms with Crippen molar-refractivity contribution in [2.24, 2.45) is 4.99 Å². The molecular formula is C23H24FN5O5S. The number of aryl methyl sites for hydroxylation is 1. The number of hydrogen-bond acceptors (Lipinski definition) is 7. The van der Waals surface area contributed by atoms with Gasteiger partial charge in [-0.2, -0.15) is 15.9 Å². The number of anilines is 1. The third-order valence-corrected chi connectivity index (χ3v) is 9.33. The summed E-state index contributed by atoms with van der Waals surface area (Å²) in [5.74, 6) is -1.66. The first-order chi connectivity index (χ1) is 16.4. The van der Waals surface area contributed by atoms with Crippen LogP contribution in [0.25, 0.3) is 0 Å². The number of aromatic nitrogens is 1. The first-order valence-electron chi connectivity index (χ1n) is 10.7. The van der Waals surface area contributed by atoms with Crippen LogP contribution < -0.4 is 10.6 Å². The van der Waals surface area contributed by atoms with Gasteiger partial charge < -0.3 is 10.4 Å². The van der Waals surface area contributed by atoms with Crippen molar-refractivity contribution in [2.45, 2.75) is 43.4 Å². The number of carboxylic acid groups (broad SMARTS) is 1. The summed E-state index contributed by atoms with van der Waals surface area (Å²) in [6.07, 6.45) is 1.28. The summed E-state index contributed by atoms with van der Waals surface area (Å²) in [6, 6.07) is 7.26. The van der Waals surface area contributed by atoms with Gasteiger partial charge in [-0.05, 0) is 62.9 Å². The second-order valence-corrected chi connectivity index (χ2v) is 11.4. The maximum absolute atomic E-state index is 15.0. The lowest BCUT2D eigenvalue weighted by Crippen LogP contribution is -2.61. The Morgan fingerprint density at radius 1 is 1.23 bits per heavy atom. The van der Waals surface area contributed by atoms with Gasteiger partial charge in [-0.3, -0.25) is 24.2 Å². The van der Waals surface area contributed by atoms with Crippen molar-refractivity contribution in [1.29, 1.82) is 5.26 Å². The van der Waals surface area contributed by atoms with Crippen LogP contribution in [0.3, 0.4) is 0 Å². The minimum atomic E-state index is -3.39. The molecule has 1 aromatic carbocycles. The minimum Gasteiger partial charge on any atom is -0.465 e. The second-order valence-electron chi connectivity index (χ2n) is 8.97. The standard InChI is InChI=1S/C23H24FN5O5S/c1-13-8-14(10-25)11-26-18(13)19(30)27-15-4-5-17(24)16(9-15)22(2)12-35(33,34)23(6-3-7-23)20(29-22)28-21(31)32/h4-5,8-9,11,33-34H,3,6-7,12H2,1-2H3,(H,27,30)(H,28,29)(H,31,32). The molecule has 1 saturated carbocycles. The predicted octanol–water partition coefficient (Wildman–Crippen LogP) is 4.22. The number of nitrogens with zero attached hydrogens (tertiary/aromatic N) is 3. The van der Waals surface area contributed by atoms with E-state index in [1.807, 2.05) is 6.07 Å². The van der Waals surface area contributed by atoms with Crippen molar-refractivity contribution in [3.63, 3.8) is 0 Å². The fourth-order valence-electron chi connectivity index (χ4n) is 4.59. The van der Waals surface area contributed by atoms with Gasteiger partial charge in [0.25, 0.3) is 5.91 Å². The van der Waals surface area contributed by atoms with E-state index in [9.17, 15) is 23.8 Å². The molecule has 12 heteroatoms. The molecule has 2 heterocycles. The van der Waals surface area contributed by atoms with Gasteiger partial charge in [0.1, 0.15) is 33.7 Å². The average Bonchev–Trinajstić information content (AvgIpc) is 2.72. The van der Waals surface area contributed by atoms with Crippen molar-refractivity contribution in [3.8, 4) is 6.07 Å². The summed E-state index contributed by atoms with van der Waals surface area (Å²) in [5, 5.41) is 23.1. The predicted molar refractivity (Wildman–Crippen MR) is 128 cm³/mol. The van der Waals surface area contributed by atoms with Gasteiger partial charge in [0.05, 0.1) is 11.3 Å². The number of aliphatic imine (C=N–C) groups is 1. The van der Waals surface area contributed by atoms with E-state index in [0.29, 0.717) is 30.4 Å². The number of hydrogen-bond donors (Lipinski definition) is 5. The van der Waals surface area contributed by atoms with Gasteiger partial charge in [0, 0.05) is 17.4 Å². The lowest BCUT2D eigenvalue weighted by Gasteiger charge is -2.60. The molecule has 0 saturated heterocycles. The van der Waals surface area contributed by atoms with Gasteiger partial charge in [0.2, 0.25) is 0 Å². The van der Waals surface area contributed by atoms with Crippen LogP contribution in [0, 0.1) is 24.1 Å². The maximum atomic E-state index is 15.0. The number of carbonyl (C=O) groups is 2. The zero-order valence-electron chi connectivity index (χ0n) is 19.0. The maximum Gasteiger partial charge on any atom is 0.410 e. The molecule has 2 aromatic rings. The smallest absolute Gasteiger partial charge is 0.410 e. The summed E-state index contributed by atoms with van der Waals surface area (Å²) in [6.45, 7) is 3.13. The molecule has 10 nitrogen and oxygen atoms in total. The highest BCUT2D eigenvalue weighted by Gasteiger charge is 2.58. The Morgan fingerprint density at radius 2 is 1.94 bits per heavy atom. The van der Waals surface area contributed by atoms with E-state index < -0.39 is 38.7 Å². The van der Waals surface area contributed by atoms with Crippen LogP contribution >= 0.6 is 10.6 Å². The normalized spacial score (nSPS) is 22.8. The molecule has 1 unspecified atom stereocenters. The van der Waals surface area contributed by atoms with Crippen LogP contribution in [0.15, 0.2) is 35.5 Å². The molecule has 1 aromatic heterocycles. The number of nitrogens with one attached hydrogen (secondary N) is 2. The monoisotopic (exact) mass is 501 g/mol. The van der Waals surface area contributed by atoms with Gasteiger partial charge in [0.15, 0.2) is 0 Å². The molecule has 184 valence electrons. The lowest BCUT2D eigenvalue weighted by molar-refractivity contribution is 0.102. The molecule has 35 heavy (non-hydrogen) atoms. The molecule has 1 aliphatic carbocycles. The van der Waals surface area contributed by atoms with Crippen molar-refractivity contribution in [2.75, 3.05) is 11.1 Å². The molecule has 2 aliphatic rings. The molecular weight excluding hydrogens is 477 g/mol. The summed E-state index contributed by atoms with van der Waals surface area (Å²) in [4.78, 5) is 32.7. The largest absolute Gasteiger partial charge is 0.465 e. The third kappa shape index (κ3) is 4.22. The summed E-state index contributed by atoms with van der Waals surface area (Å²) in [7, 11) is -3.39. The lowest BCUT2D eigenvalue weighted by atomic mass is 9.82. The minimum absolute atomic E-state index is 0.0290. The number of halogens is 1. The van der Waals surface area contributed by atoms with E-state index in [2.05, 4.69) is 20.6 Å². The quantitative estimate of drug-likeness (QED) is 0.419. The zero-order valence-corrected chi connectivity index (χ0v) is 19.8. The highest BCUT2D eigenvalue weighted by Crippen LogP contribution is 2.67. The molecule has 1 spiro atoms. The van der Waals surface area contributed by atoms with Crippen LogP contribution in [-0.4, -0.2) is 47.5 Å². The molecule has 1 aliphatic heterocycles. The van der Waals surface area contributed by atoms with Crippen molar-refractivity contribution in [3.05, 3.63) is 58.7 Å². The number of nitriles is 1. The van der Waals surface area contributed by atoms with Gasteiger partial charge in [-0.25, -0.2) is 14.2 Å². The van der Waals surface area contributed by atoms with Crippen molar-refractivity contribution in [1.82, 2.24) is 10.3 Å². The molecule has 0 bridgehead atoms. The summed E-state index contributed by atoms with van der Waals surface area (Å²) < 4.78 is 35.9. The van der Waals surface area contributed by atoms with E-state index in [1.54, 1.807) is 6.92 Å². The fraction of sp³-hybridized carbons (Fsp3) is 0.348. The van der Waals surface area contributed by atoms with E-state index >= 15 is 4.39 Å². The Labute approximate surface area is 202 Å². The highest BCUT2D eigenvalue weighted by molar-refractivity contribution is 8.26. The Balaban J connectivity index is 1.71. The number of benzene rings is 1. The van der Waals surface area contributed by atoms with E-state index in [1.165, 1.54) is 31.3 Å². The highest BCUT2D eigenvalue weighted by atomic mass is 32.3. The molecule has 2 amide bonds. The van der Waals surface area contributed by atoms with Crippen LogP contribution in [0.5, 0.6) is 0 Å². The van der Waals surface area contributed by atoms with Crippen LogP contribution in [0.4, 0.5) is 14.9 Å². The molecule has 0 radical (unpaired) electrons. The van der Waals surface area contributed by atoms with Crippen LogP contribution in [0.2, 0.25) is 0 Å². The SMILES string of the molecule is Cc1cc(C#N)cnc1C(=O)Nc1ccc(F)c(C2(C)CS(O)(O)C3(CCC3)C(NC(=O)O)=N2)c1. The second kappa shape index (κ2) is 8.60. The number of amides is 2. The van der Waals surface area contributed by atoms with E-state index in [0.717, 1.165) is 6.07 Å². The first-order valence-corrected chi connectivity index (χ1v) is 12.5. The average molecular weight is 502 g/mol. The van der Waals surface area contributed by atoms with Gasteiger partial charge in [-0.15, -0.1) is 0 Å². The molecule has 4 rings (SSSR count). The fourth-order valence-corrected chi connectivity index (χ4v) is 7.22. The van der Waals surface area contributed by atoms with Crippen LogP contribution in [0.1, 0.15) is 53.4 Å². The van der Waals surface area contributed by atoms with Crippen LogP contribution in [-0.2, 0) is 5.54 Å². The first kappa shape index (κ1) is 24.6.